The number of rotatable bonds is 5. The second kappa shape index (κ2) is 14.2. The van der Waals surface area contributed by atoms with Crippen LogP contribution >= 0.6 is 0 Å². The number of aliphatic imine (C=N–C) groups is 1. The molecule has 3 saturated heterocycles. The number of nitrogens with zero attached hydrogens (tertiary/aromatic N) is 6. The Balaban J connectivity index is 1.45. The Hall–Kier alpha value is -4.08. The number of hydroxylamine groups is 2. The minimum absolute atomic E-state index is 0.00444. The van der Waals surface area contributed by atoms with Crippen molar-refractivity contribution in [2.75, 3.05) is 26.2 Å². The normalized spacial score (nSPS) is 20.9. The number of likely N-dealkylation sites (tertiary alicyclic amines) is 1. The number of amides is 5. The van der Waals surface area contributed by atoms with Crippen molar-refractivity contribution >= 4 is 30.3 Å². The van der Waals surface area contributed by atoms with Crippen LogP contribution in [-0.4, -0.2) is 115 Å². The van der Waals surface area contributed by atoms with Gasteiger partial charge in [0, 0.05) is 44.7 Å². The molecule has 5 amide bonds. The number of nitrogens with one attached hydrogen (secondary N) is 1. The number of guanidine groups is 1. The molecule has 4 rings (SSSR count). The molecule has 0 radical (unpaired) electrons. The van der Waals surface area contributed by atoms with Gasteiger partial charge in [-0.2, -0.15) is 0 Å². The van der Waals surface area contributed by atoms with Crippen LogP contribution in [0.3, 0.4) is 0 Å². The van der Waals surface area contributed by atoms with Crippen LogP contribution in [0.5, 0.6) is 0 Å². The number of aromatic nitrogens is 1. The predicted molar refractivity (Wildman–Crippen MR) is 172 cm³/mol. The summed E-state index contributed by atoms with van der Waals surface area (Å²) in [5.41, 5.74) is -1.66. The van der Waals surface area contributed by atoms with Crippen molar-refractivity contribution in [3.05, 3.63) is 17.5 Å². The van der Waals surface area contributed by atoms with E-state index in [2.05, 4.69) is 15.5 Å². The second-order valence-electron chi connectivity index (χ2n) is 15.4. The highest BCUT2D eigenvalue weighted by Gasteiger charge is 2.45. The maximum absolute atomic E-state index is 13.5. The topological polar surface area (TPSA) is 180 Å². The largest absolute Gasteiger partial charge is 0.444 e. The molecule has 3 fully saturated rings. The van der Waals surface area contributed by atoms with E-state index in [1.807, 2.05) is 0 Å². The van der Waals surface area contributed by atoms with Crippen LogP contribution in [0.25, 0.3) is 0 Å². The zero-order valence-corrected chi connectivity index (χ0v) is 29.6. The van der Waals surface area contributed by atoms with Gasteiger partial charge >= 0.3 is 24.3 Å². The first-order chi connectivity index (χ1) is 22.2. The number of ether oxygens (including phenoxy) is 3. The molecule has 0 aromatic carbocycles. The maximum Gasteiger partial charge on any atom is 0.437 e. The number of alkyl carbamates (subject to hydrolysis) is 1. The van der Waals surface area contributed by atoms with Crippen molar-refractivity contribution in [2.45, 2.75) is 129 Å². The first-order valence-electron chi connectivity index (χ1n) is 16.5. The van der Waals surface area contributed by atoms with Gasteiger partial charge in [-0.25, -0.2) is 24.2 Å². The van der Waals surface area contributed by atoms with E-state index in [1.165, 1.54) is 0 Å². The average Bonchev–Trinajstić information content (AvgIpc) is 3.49. The van der Waals surface area contributed by atoms with Gasteiger partial charge in [-0.15, -0.1) is 4.99 Å². The molecule has 3 aliphatic heterocycles. The molecule has 0 aliphatic carbocycles. The van der Waals surface area contributed by atoms with E-state index in [0.717, 1.165) is 5.06 Å². The van der Waals surface area contributed by atoms with Gasteiger partial charge in [-0.3, -0.25) is 10.5 Å². The molecule has 1 aromatic heterocycles. The second-order valence-corrected chi connectivity index (χ2v) is 15.4. The summed E-state index contributed by atoms with van der Waals surface area (Å²) in [7, 11) is 0. The van der Waals surface area contributed by atoms with Gasteiger partial charge in [0.15, 0.2) is 0 Å². The van der Waals surface area contributed by atoms with Crippen LogP contribution in [0.15, 0.2) is 15.6 Å². The van der Waals surface area contributed by atoms with Gasteiger partial charge in [0.05, 0.1) is 12.1 Å². The van der Waals surface area contributed by atoms with Crippen molar-refractivity contribution in [3.63, 3.8) is 0 Å². The van der Waals surface area contributed by atoms with Crippen molar-refractivity contribution in [1.29, 1.82) is 0 Å². The standard InChI is InChI=1S/C32H51N7O9/c1-30(2,3)45-26(40)33-25(34-27(41)46-31(4,5)6)36-15-12-20(13-16-36)37(29(43)47-32(7,8)9)17-14-22-18-23(35-48-22)24-11-10-21-19-38(24)28(42)39(21)44/h18,20-21,24,44H,10-17,19H2,1-9H3,(H,33,34,40,41)/t21-,24-/m0/s1. The predicted octanol–water partition coefficient (Wildman–Crippen LogP) is 5.06. The Morgan fingerprint density at radius 2 is 1.60 bits per heavy atom. The van der Waals surface area contributed by atoms with Crippen LogP contribution in [-0.2, 0) is 20.6 Å². The Kier molecular flexibility index (Phi) is 10.9. The lowest BCUT2D eigenvalue weighted by atomic mass is 9.98. The minimum Gasteiger partial charge on any atom is -0.444 e. The fourth-order valence-corrected chi connectivity index (χ4v) is 5.87. The summed E-state index contributed by atoms with van der Waals surface area (Å²) < 4.78 is 22.1. The lowest BCUT2D eigenvalue weighted by Gasteiger charge is -2.39. The van der Waals surface area contributed by atoms with Gasteiger partial charge < -0.3 is 33.4 Å². The smallest absolute Gasteiger partial charge is 0.437 e. The highest BCUT2D eigenvalue weighted by atomic mass is 16.6. The SMILES string of the molecule is CC(C)(C)OC(=O)/N=C(/NC(=O)OC(C)(C)C)N1CCC(N(CCc2cc([C@@H]3CC[C@H]4CN3C(=O)N4O)no2)C(=O)OC(C)(C)C)CC1. The van der Waals surface area contributed by atoms with Crippen LogP contribution in [0, 0.1) is 0 Å². The van der Waals surface area contributed by atoms with E-state index < -0.39 is 41.1 Å². The highest BCUT2D eigenvalue weighted by Crippen LogP contribution is 2.37. The molecule has 2 bridgehead atoms. The van der Waals surface area contributed by atoms with Crippen molar-refractivity contribution in [3.8, 4) is 0 Å². The molecule has 0 saturated carbocycles. The molecule has 268 valence electrons. The van der Waals surface area contributed by atoms with Gasteiger partial charge in [0.2, 0.25) is 5.96 Å². The molecular weight excluding hydrogens is 626 g/mol. The number of hydrogen-bond acceptors (Lipinski definition) is 10. The zero-order valence-electron chi connectivity index (χ0n) is 29.6. The summed E-state index contributed by atoms with van der Waals surface area (Å²) in [6.45, 7) is 17.2. The number of carbonyl (C=O) groups is 4. The molecular formula is C32H51N7O9. The summed E-state index contributed by atoms with van der Waals surface area (Å²) in [5, 5.41) is 17.7. The maximum atomic E-state index is 13.5. The van der Waals surface area contributed by atoms with Crippen molar-refractivity contribution in [2.24, 2.45) is 4.99 Å². The quantitative estimate of drug-likeness (QED) is 0.184. The van der Waals surface area contributed by atoms with Crippen molar-refractivity contribution in [1.82, 2.24) is 30.2 Å². The summed E-state index contributed by atoms with van der Waals surface area (Å²) >= 11 is 0. The molecule has 0 spiro atoms. The fraction of sp³-hybridized carbons (Fsp3) is 0.750. The number of piperidine rings is 2. The molecule has 48 heavy (non-hydrogen) atoms. The summed E-state index contributed by atoms with van der Waals surface area (Å²) in [5.74, 6) is 0.559. The summed E-state index contributed by atoms with van der Waals surface area (Å²) in [6.07, 6.45) is 0.563. The van der Waals surface area contributed by atoms with E-state index >= 15 is 0 Å². The molecule has 0 unspecified atom stereocenters. The fourth-order valence-electron chi connectivity index (χ4n) is 5.87. The van der Waals surface area contributed by atoms with E-state index in [4.69, 9.17) is 18.7 Å². The Morgan fingerprint density at radius 1 is 0.979 bits per heavy atom. The first-order valence-corrected chi connectivity index (χ1v) is 16.5. The van der Waals surface area contributed by atoms with Gasteiger partial charge in [-0.05, 0) is 88.0 Å². The van der Waals surface area contributed by atoms with Crippen molar-refractivity contribution < 1.29 is 43.1 Å². The van der Waals surface area contributed by atoms with E-state index in [0.29, 0.717) is 63.2 Å². The lowest BCUT2D eigenvalue weighted by Crippen LogP contribution is -2.54. The lowest BCUT2D eigenvalue weighted by molar-refractivity contribution is -0.0584. The van der Waals surface area contributed by atoms with Crippen LogP contribution in [0.4, 0.5) is 19.2 Å². The molecule has 4 heterocycles. The van der Waals surface area contributed by atoms with Gasteiger partial charge in [0.1, 0.15) is 28.3 Å². The Morgan fingerprint density at radius 3 is 2.21 bits per heavy atom. The summed E-state index contributed by atoms with van der Waals surface area (Å²) in [4.78, 5) is 60.3. The number of fused-ring (bicyclic) bond motifs is 2. The zero-order chi connectivity index (χ0) is 35.6. The third kappa shape index (κ3) is 9.97. The minimum atomic E-state index is -0.853. The molecule has 3 aliphatic rings. The number of hydrogen-bond donors (Lipinski definition) is 2. The molecule has 2 N–H and O–H groups in total. The molecule has 16 nitrogen and oxygen atoms in total. The number of carbonyl (C=O) groups excluding carboxylic acids is 4. The first kappa shape index (κ1) is 36.8. The third-order valence-corrected chi connectivity index (χ3v) is 7.90. The average molecular weight is 678 g/mol. The molecule has 2 atom stereocenters. The summed E-state index contributed by atoms with van der Waals surface area (Å²) in [6, 6.07) is 0.642. The van der Waals surface area contributed by atoms with E-state index in [-0.39, 0.29) is 30.6 Å². The van der Waals surface area contributed by atoms with E-state index in [9.17, 15) is 24.4 Å². The monoisotopic (exact) mass is 677 g/mol. The third-order valence-electron chi connectivity index (χ3n) is 7.90. The van der Waals surface area contributed by atoms with E-state index in [1.54, 1.807) is 83.1 Å². The van der Waals surface area contributed by atoms with Crippen LogP contribution in [0.2, 0.25) is 0 Å². The Labute approximate surface area is 281 Å². The van der Waals surface area contributed by atoms with Gasteiger partial charge in [0.25, 0.3) is 0 Å². The van der Waals surface area contributed by atoms with Crippen LogP contribution in [0.1, 0.15) is 105 Å². The van der Waals surface area contributed by atoms with Gasteiger partial charge in [-0.1, -0.05) is 5.16 Å². The molecule has 16 heteroatoms. The highest BCUT2D eigenvalue weighted by molar-refractivity contribution is 5.99. The Bertz CT molecular complexity index is 1370. The number of urea groups is 1. The molecule has 1 aromatic rings. The van der Waals surface area contributed by atoms with Crippen LogP contribution < -0.4 is 5.32 Å².